The van der Waals surface area contributed by atoms with Crippen molar-refractivity contribution in [3.05, 3.63) is 64.2 Å². The fourth-order valence-electron chi connectivity index (χ4n) is 3.11. The molecule has 0 spiro atoms. The summed E-state index contributed by atoms with van der Waals surface area (Å²) in [5, 5.41) is 3.83. The monoisotopic (exact) mass is 376 g/mol. The molecule has 3 rings (SSSR count). The quantitative estimate of drug-likeness (QED) is 0.860. The fourth-order valence-corrected chi connectivity index (χ4v) is 4.05. The van der Waals surface area contributed by atoms with E-state index in [0.717, 1.165) is 29.1 Å². The molecule has 1 N–H and O–H groups in total. The second-order valence-corrected chi connectivity index (χ2v) is 8.27. The Morgan fingerprint density at radius 2 is 2.00 bits per heavy atom. The zero-order valence-electron chi connectivity index (χ0n) is 14.3. The molecule has 6 heteroatoms. The second-order valence-electron chi connectivity index (χ2n) is 6.06. The van der Waals surface area contributed by atoms with Gasteiger partial charge in [0, 0.05) is 29.1 Å². The summed E-state index contributed by atoms with van der Waals surface area (Å²) >= 11 is 6.03. The molecule has 0 saturated heterocycles. The van der Waals surface area contributed by atoms with Gasteiger partial charge in [0.15, 0.2) is 0 Å². The van der Waals surface area contributed by atoms with E-state index in [0.29, 0.717) is 11.3 Å². The predicted molar refractivity (Wildman–Crippen MR) is 104 cm³/mol. The van der Waals surface area contributed by atoms with Crippen molar-refractivity contribution < 1.29 is 9.00 Å². The first-order valence-corrected chi connectivity index (χ1v) is 9.96. The number of hydrogen-bond acceptors (Lipinski definition) is 2. The molecule has 1 unspecified atom stereocenters. The fraction of sp³-hybridized carbons (Fsp3) is 0.316. The molecular weight excluding hydrogens is 356 g/mol. The first-order valence-electron chi connectivity index (χ1n) is 8.31. The Kier molecular flexibility index (Phi) is 5.45. The number of hydrogen-bond donors (Lipinski definition) is 1. The summed E-state index contributed by atoms with van der Waals surface area (Å²) in [7, 11) is 0.738. The van der Waals surface area contributed by atoms with Gasteiger partial charge >= 0.3 is 0 Å². The third-order valence-electron chi connectivity index (χ3n) is 4.53. The van der Waals surface area contributed by atoms with Crippen LogP contribution in [0.25, 0.3) is 0 Å². The summed E-state index contributed by atoms with van der Waals surface area (Å²) in [5.74, 6) is 0.461. The Balaban J connectivity index is 1.70. The number of rotatable bonds is 5. The van der Waals surface area contributed by atoms with Crippen LogP contribution in [0, 0.1) is 0 Å². The number of nitrogens with one attached hydrogen (secondary N) is 1. The molecule has 0 heterocycles. The van der Waals surface area contributed by atoms with Gasteiger partial charge in [-0.15, -0.1) is 0 Å². The number of halogens is 1. The number of aryl methyl sites for hydroxylation is 1. The lowest BCUT2D eigenvalue weighted by atomic mass is 10.1. The van der Waals surface area contributed by atoms with E-state index in [-0.39, 0.29) is 11.9 Å². The minimum atomic E-state index is -1.05. The van der Waals surface area contributed by atoms with E-state index < -0.39 is 11.0 Å². The highest BCUT2D eigenvalue weighted by atomic mass is 35.5. The van der Waals surface area contributed by atoms with Gasteiger partial charge in [0.25, 0.3) is 5.91 Å². The van der Waals surface area contributed by atoms with E-state index >= 15 is 0 Å². The SMILES string of the molecule is CCS(=O)N(C)c1ccc(C(=O)N[C@H]2CCc3cc(Cl)ccc32)cc1. The van der Waals surface area contributed by atoms with Crippen molar-refractivity contribution >= 4 is 34.2 Å². The van der Waals surface area contributed by atoms with Crippen molar-refractivity contribution in [2.75, 3.05) is 17.1 Å². The van der Waals surface area contributed by atoms with Crippen LogP contribution in [-0.2, 0) is 17.4 Å². The molecule has 0 fully saturated rings. The highest BCUT2D eigenvalue weighted by Crippen LogP contribution is 2.33. The second kappa shape index (κ2) is 7.58. The molecule has 132 valence electrons. The summed E-state index contributed by atoms with van der Waals surface area (Å²) < 4.78 is 13.6. The zero-order valence-corrected chi connectivity index (χ0v) is 15.9. The lowest BCUT2D eigenvalue weighted by Gasteiger charge is -2.18. The molecule has 1 amide bonds. The summed E-state index contributed by atoms with van der Waals surface area (Å²) in [5.41, 5.74) is 3.78. The molecule has 1 aliphatic rings. The Labute approximate surface area is 155 Å². The predicted octanol–water partition coefficient (Wildman–Crippen LogP) is 3.88. The number of benzene rings is 2. The smallest absolute Gasteiger partial charge is 0.251 e. The molecule has 0 bridgehead atoms. The molecule has 0 aromatic heterocycles. The number of nitrogens with zero attached hydrogens (tertiary/aromatic N) is 1. The minimum Gasteiger partial charge on any atom is -0.345 e. The normalized spacial score (nSPS) is 17.0. The van der Waals surface area contributed by atoms with Gasteiger partial charge < -0.3 is 5.32 Å². The van der Waals surface area contributed by atoms with Gasteiger partial charge in [-0.1, -0.05) is 24.6 Å². The Morgan fingerprint density at radius 1 is 1.28 bits per heavy atom. The third kappa shape index (κ3) is 3.88. The summed E-state index contributed by atoms with van der Waals surface area (Å²) in [6.07, 6.45) is 1.81. The van der Waals surface area contributed by atoms with Gasteiger partial charge in [-0.3, -0.25) is 9.10 Å². The molecule has 0 aliphatic heterocycles. The van der Waals surface area contributed by atoms with Gasteiger partial charge in [0.2, 0.25) is 0 Å². The van der Waals surface area contributed by atoms with Crippen LogP contribution in [0.5, 0.6) is 0 Å². The molecule has 25 heavy (non-hydrogen) atoms. The van der Waals surface area contributed by atoms with Crippen molar-refractivity contribution in [1.29, 1.82) is 0 Å². The summed E-state index contributed by atoms with van der Waals surface area (Å²) in [4.78, 5) is 12.5. The van der Waals surface area contributed by atoms with Crippen LogP contribution >= 0.6 is 11.6 Å². The molecule has 1 aliphatic carbocycles. The first-order chi connectivity index (χ1) is 12.0. The van der Waals surface area contributed by atoms with Crippen LogP contribution in [0.4, 0.5) is 5.69 Å². The standard InChI is InChI=1S/C19H21ClN2O2S/c1-3-25(24)22(2)16-8-4-13(5-9-16)19(23)21-18-11-6-14-12-15(20)7-10-17(14)18/h4-5,7-10,12,18H,3,6,11H2,1-2H3,(H,21,23)/t18-,25?/m0/s1. The summed E-state index contributed by atoms with van der Waals surface area (Å²) in [6.45, 7) is 1.88. The Hall–Kier alpha value is -1.85. The molecule has 2 aromatic rings. The maximum Gasteiger partial charge on any atom is 0.251 e. The van der Waals surface area contributed by atoms with E-state index in [1.165, 1.54) is 5.56 Å². The van der Waals surface area contributed by atoms with Crippen LogP contribution < -0.4 is 9.62 Å². The van der Waals surface area contributed by atoms with E-state index in [2.05, 4.69) is 5.32 Å². The largest absolute Gasteiger partial charge is 0.345 e. The topological polar surface area (TPSA) is 49.4 Å². The number of fused-ring (bicyclic) bond motifs is 1. The molecule has 0 radical (unpaired) electrons. The molecule has 0 saturated carbocycles. The summed E-state index contributed by atoms with van der Waals surface area (Å²) in [6, 6.07) is 13.0. The van der Waals surface area contributed by atoms with E-state index in [9.17, 15) is 9.00 Å². The maximum absolute atomic E-state index is 12.5. The zero-order chi connectivity index (χ0) is 18.0. The Bertz CT molecular complexity index is 808. The van der Waals surface area contributed by atoms with Crippen LogP contribution in [0.1, 0.15) is 40.9 Å². The van der Waals surface area contributed by atoms with Gasteiger partial charge in [0.1, 0.15) is 11.0 Å². The molecule has 4 nitrogen and oxygen atoms in total. The van der Waals surface area contributed by atoms with Gasteiger partial charge in [-0.05, 0) is 60.4 Å². The molecule has 2 atom stereocenters. The minimum absolute atomic E-state index is 0.0229. The Morgan fingerprint density at radius 3 is 2.68 bits per heavy atom. The highest BCUT2D eigenvalue weighted by Gasteiger charge is 2.24. The number of carbonyl (C=O) groups is 1. The van der Waals surface area contributed by atoms with Crippen molar-refractivity contribution in [3.8, 4) is 0 Å². The van der Waals surface area contributed by atoms with E-state index in [4.69, 9.17) is 11.6 Å². The molecular formula is C19H21ClN2O2S. The van der Waals surface area contributed by atoms with E-state index in [1.54, 1.807) is 23.5 Å². The lowest BCUT2D eigenvalue weighted by molar-refractivity contribution is 0.0937. The number of anilines is 1. The van der Waals surface area contributed by atoms with Crippen LogP contribution in [0.15, 0.2) is 42.5 Å². The number of amides is 1. The molecule has 2 aromatic carbocycles. The van der Waals surface area contributed by atoms with Crippen molar-refractivity contribution in [1.82, 2.24) is 5.32 Å². The van der Waals surface area contributed by atoms with Gasteiger partial charge in [-0.25, -0.2) is 4.21 Å². The van der Waals surface area contributed by atoms with Crippen LogP contribution in [0.3, 0.4) is 0 Å². The van der Waals surface area contributed by atoms with Crippen LogP contribution in [0.2, 0.25) is 5.02 Å². The first kappa shape index (κ1) is 18.0. The van der Waals surface area contributed by atoms with Gasteiger partial charge in [0.05, 0.1) is 6.04 Å². The van der Waals surface area contributed by atoms with Crippen molar-refractivity contribution in [3.63, 3.8) is 0 Å². The van der Waals surface area contributed by atoms with Crippen molar-refractivity contribution in [2.45, 2.75) is 25.8 Å². The van der Waals surface area contributed by atoms with Crippen molar-refractivity contribution in [2.24, 2.45) is 0 Å². The number of carbonyl (C=O) groups excluding carboxylic acids is 1. The lowest BCUT2D eigenvalue weighted by Crippen LogP contribution is -2.27. The van der Waals surface area contributed by atoms with Crippen LogP contribution in [-0.4, -0.2) is 22.9 Å². The maximum atomic E-state index is 12.5. The third-order valence-corrected chi connectivity index (χ3v) is 6.08. The highest BCUT2D eigenvalue weighted by molar-refractivity contribution is 7.86. The average molecular weight is 377 g/mol. The average Bonchev–Trinajstić information content (AvgIpc) is 3.02. The van der Waals surface area contributed by atoms with E-state index in [1.807, 2.05) is 37.3 Å². The van der Waals surface area contributed by atoms with Gasteiger partial charge in [-0.2, -0.15) is 0 Å².